The largest absolute Gasteiger partial charge is 0.494 e. The Kier molecular flexibility index (Phi) is 6.66. The third kappa shape index (κ3) is 5.30. The molecule has 6 nitrogen and oxygen atoms in total. The quantitative estimate of drug-likeness (QED) is 0.546. The first-order chi connectivity index (χ1) is 11.6. The number of fused-ring (bicyclic) bond motifs is 1. The van der Waals surface area contributed by atoms with E-state index in [-0.39, 0.29) is 11.9 Å². The van der Waals surface area contributed by atoms with E-state index in [0.717, 1.165) is 28.6 Å². The molecule has 0 saturated heterocycles. The summed E-state index contributed by atoms with van der Waals surface area (Å²) in [6, 6.07) is 5.86. The summed E-state index contributed by atoms with van der Waals surface area (Å²) in [5.74, 6) is 0.551. The molecule has 1 amide bonds. The Morgan fingerprint density at radius 3 is 2.88 bits per heavy atom. The zero-order chi connectivity index (χ0) is 17.4. The molecule has 0 aliphatic rings. The summed E-state index contributed by atoms with van der Waals surface area (Å²) < 4.78 is 10.6. The van der Waals surface area contributed by atoms with Crippen molar-refractivity contribution in [2.45, 2.75) is 33.1 Å². The molecule has 2 aromatic rings. The summed E-state index contributed by atoms with van der Waals surface area (Å²) >= 11 is 0. The zero-order valence-electron chi connectivity index (χ0n) is 14.2. The fourth-order valence-corrected chi connectivity index (χ4v) is 2.47. The fraction of sp³-hybridized carbons (Fsp3) is 0.444. The molecule has 1 aromatic heterocycles. The van der Waals surface area contributed by atoms with Crippen LogP contribution in [-0.2, 0) is 20.7 Å². The highest BCUT2D eigenvalue weighted by Crippen LogP contribution is 2.24. The van der Waals surface area contributed by atoms with Gasteiger partial charge in [-0.05, 0) is 43.5 Å². The van der Waals surface area contributed by atoms with Crippen molar-refractivity contribution in [1.29, 1.82) is 0 Å². The smallest absolute Gasteiger partial charge is 0.305 e. The average Bonchev–Trinajstić information content (AvgIpc) is 2.94. The van der Waals surface area contributed by atoms with Crippen LogP contribution in [0.2, 0.25) is 0 Å². The van der Waals surface area contributed by atoms with E-state index in [1.807, 2.05) is 24.4 Å². The highest BCUT2D eigenvalue weighted by Gasteiger charge is 2.06. The van der Waals surface area contributed by atoms with Gasteiger partial charge in [-0.2, -0.15) is 0 Å². The van der Waals surface area contributed by atoms with Crippen molar-refractivity contribution in [1.82, 2.24) is 10.3 Å². The van der Waals surface area contributed by atoms with Gasteiger partial charge in [0, 0.05) is 37.0 Å². The maximum atomic E-state index is 11.3. The van der Waals surface area contributed by atoms with Crippen molar-refractivity contribution in [3.05, 3.63) is 30.0 Å². The van der Waals surface area contributed by atoms with Gasteiger partial charge in [-0.15, -0.1) is 0 Å². The Bertz CT molecular complexity index is 693. The van der Waals surface area contributed by atoms with E-state index in [4.69, 9.17) is 9.47 Å². The maximum absolute atomic E-state index is 11.3. The van der Waals surface area contributed by atoms with E-state index in [9.17, 15) is 9.59 Å². The van der Waals surface area contributed by atoms with E-state index >= 15 is 0 Å². The third-order valence-corrected chi connectivity index (χ3v) is 3.61. The Balaban J connectivity index is 1.89. The maximum Gasteiger partial charge on any atom is 0.305 e. The molecule has 2 rings (SSSR count). The number of aromatic amines is 1. The van der Waals surface area contributed by atoms with Gasteiger partial charge in [-0.3, -0.25) is 9.59 Å². The lowest BCUT2D eigenvalue weighted by molar-refractivity contribution is -0.143. The average molecular weight is 332 g/mol. The standard InChI is InChI=1S/C18H24N2O4/c1-3-23-18(22)5-4-10-24-15-6-7-17-16(11-15)14(12-20-17)8-9-19-13(2)21/h6-7,11-12,20H,3-5,8-10H2,1-2H3,(H,19,21). The van der Waals surface area contributed by atoms with Gasteiger partial charge in [-0.25, -0.2) is 0 Å². The number of amides is 1. The first-order valence-electron chi connectivity index (χ1n) is 8.23. The molecule has 6 heteroatoms. The van der Waals surface area contributed by atoms with Gasteiger partial charge in [0.05, 0.1) is 13.2 Å². The van der Waals surface area contributed by atoms with Gasteiger partial charge < -0.3 is 19.8 Å². The minimum atomic E-state index is -0.192. The van der Waals surface area contributed by atoms with Crippen molar-refractivity contribution in [2.75, 3.05) is 19.8 Å². The van der Waals surface area contributed by atoms with Crippen LogP contribution >= 0.6 is 0 Å². The molecule has 0 unspecified atom stereocenters. The van der Waals surface area contributed by atoms with Crippen molar-refractivity contribution >= 4 is 22.8 Å². The number of carbonyl (C=O) groups is 2. The lowest BCUT2D eigenvalue weighted by Crippen LogP contribution is -2.22. The van der Waals surface area contributed by atoms with E-state index in [2.05, 4.69) is 10.3 Å². The second kappa shape index (κ2) is 8.96. The molecule has 0 radical (unpaired) electrons. The Morgan fingerprint density at radius 1 is 1.29 bits per heavy atom. The lowest BCUT2D eigenvalue weighted by Gasteiger charge is -2.07. The van der Waals surface area contributed by atoms with Gasteiger partial charge in [0.25, 0.3) is 0 Å². The molecule has 2 N–H and O–H groups in total. The first kappa shape index (κ1) is 17.8. The summed E-state index contributed by atoms with van der Waals surface area (Å²) in [6.45, 7) is 4.79. The number of rotatable bonds is 9. The van der Waals surface area contributed by atoms with Crippen LogP contribution in [0, 0.1) is 0 Å². The molecule has 0 saturated carbocycles. The number of hydrogen-bond acceptors (Lipinski definition) is 4. The predicted octanol–water partition coefficient (Wildman–Crippen LogP) is 2.57. The van der Waals surface area contributed by atoms with Crippen molar-refractivity contribution in [3.63, 3.8) is 0 Å². The molecule has 1 heterocycles. The molecule has 0 fully saturated rings. The summed E-state index contributed by atoms with van der Waals surface area (Å²) in [7, 11) is 0. The number of nitrogens with one attached hydrogen (secondary N) is 2. The molecule has 0 aliphatic carbocycles. The second-order valence-electron chi connectivity index (χ2n) is 5.51. The minimum absolute atomic E-state index is 0.0273. The van der Waals surface area contributed by atoms with Crippen LogP contribution in [0.1, 0.15) is 32.3 Å². The minimum Gasteiger partial charge on any atom is -0.494 e. The Hall–Kier alpha value is -2.50. The number of aromatic nitrogens is 1. The van der Waals surface area contributed by atoms with Crippen LogP contribution < -0.4 is 10.1 Å². The van der Waals surface area contributed by atoms with E-state index in [0.29, 0.717) is 32.6 Å². The number of carbonyl (C=O) groups excluding carboxylic acids is 2. The normalized spacial score (nSPS) is 10.6. The second-order valence-corrected chi connectivity index (χ2v) is 5.51. The monoisotopic (exact) mass is 332 g/mol. The van der Waals surface area contributed by atoms with Crippen molar-refractivity contribution in [3.8, 4) is 5.75 Å². The molecule has 130 valence electrons. The summed E-state index contributed by atoms with van der Waals surface area (Å²) in [6.07, 6.45) is 3.70. The van der Waals surface area contributed by atoms with E-state index in [1.54, 1.807) is 6.92 Å². The number of benzene rings is 1. The van der Waals surface area contributed by atoms with Crippen LogP contribution in [0.25, 0.3) is 10.9 Å². The number of H-pyrrole nitrogens is 1. The SMILES string of the molecule is CCOC(=O)CCCOc1ccc2[nH]cc(CCNC(C)=O)c2c1. The first-order valence-corrected chi connectivity index (χ1v) is 8.23. The van der Waals surface area contributed by atoms with Crippen LogP contribution in [0.3, 0.4) is 0 Å². The molecular weight excluding hydrogens is 308 g/mol. The molecule has 24 heavy (non-hydrogen) atoms. The van der Waals surface area contributed by atoms with Crippen LogP contribution in [0.15, 0.2) is 24.4 Å². The number of hydrogen-bond donors (Lipinski definition) is 2. The summed E-state index contributed by atoms with van der Waals surface area (Å²) in [5.41, 5.74) is 2.17. The number of ether oxygens (including phenoxy) is 2. The van der Waals surface area contributed by atoms with Gasteiger partial charge in [0.1, 0.15) is 5.75 Å². The van der Waals surface area contributed by atoms with E-state index < -0.39 is 0 Å². The van der Waals surface area contributed by atoms with Gasteiger partial charge >= 0.3 is 5.97 Å². The molecule has 0 bridgehead atoms. The summed E-state index contributed by atoms with van der Waals surface area (Å²) in [5, 5.41) is 3.88. The number of esters is 1. The van der Waals surface area contributed by atoms with Crippen LogP contribution in [0.5, 0.6) is 5.75 Å². The van der Waals surface area contributed by atoms with Crippen molar-refractivity contribution < 1.29 is 19.1 Å². The molecule has 1 aromatic carbocycles. The molecule has 0 atom stereocenters. The van der Waals surface area contributed by atoms with Crippen molar-refractivity contribution in [2.24, 2.45) is 0 Å². The topological polar surface area (TPSA) is 80.4 Å². The zero-order valence-corrected chi connectivity index (χ0v) is 14.2. The highest BCUT2D eigenvalue weighted by molar-refractivity contribution is 5.84. The third-order valence-electron chi connectivity index (χ3n) is 3.61. The summed E-state index contributed by atoms with van der Waals surface area (Å²) in [4.78, 5) is 25.4. The van der Waals surface area contributed by atoms with Gasteiger partial charge in [0.15, 0.2) is 0 Å². The molecule has 0 aliphatic heterocycles. The predicted molar refractivity (Wildman–Crippen MR) is 92.0 cm³/mol. The Morgan fingerprint density at radius 2 is 2.12 bits per heavy atom. The van der Waals surface area contributed by atoms with Gasteiger partial charge in [-0.1, -0.05) is 0 Å². The highest BCUT2D eigenvalue weighted by atomic mass is 16.5. The fourth-order valence-electron chi connectivity index (χ4n) is 2.47. The van der Waals surface area contributed by atoms with E-state index in [1.165, 1.54) is 6.92 Å². The molecule has 0 spiro atoms. The molecular formula is C18H24N2O4. The van der Waals surface area contributed by atoms with Gasteiger partial charge in [0.2, 0.25) is 5.91 Å². The van der Waals surface area contributed by atoms with Crippen LogP contribution in [-0.4, -0.2) is 36.6 Å². The van der Waals surface area contributed by atoms with Crippen LogP contribution in [0.4, 0.5) is 0 Å². The Labute approximate surface area is 141 Å². The lowest BCUT2D eigenvalue weighted by atomic mass is 10.1.